The quantitative estimate of drug-likeness (QED) is 0.704. The summed E-state index contributed by atoms with van der Waals surface area (Å²) >= 11 is 0. The van der Waals surface area contributed by atoms with Crippen molar-refractivity contribution in [3.8, 4) is 11.3 Å². The van der Waals surface area contributed by atoms with E-state index in [4.69, 9.17) is 4.52 Å². The summed E-state index contributed by atoms with van der Waals surface area (Å²) in [6.07, 6.45) is 4.08. The van der Waals surface area contributed by atoms with Gasteiger partial charge in [-0.2, -0.15) is 0 Å². The van der Waals surface area contributed by atoms with Crippen LogP contribution in [0.5, 0.6) is 0 Å². The Morgan fingerprint density at radius 2 is 2.00 bits per heavy atom. The molecule has 3 aromatic rings. The molecule has 0 spiro atoms. The van der Waals surface area contributed by atoms with Crippen molar-refractivity contribution in [3.05, 3.63) is 71.7 Å². The van der Waals surface area contributed by atoms with E-state index in [1.165, 1.54) is 0 Å². The van der Waals surface area contributed by atoms with Gasteiger partial charge < -0.3 is 14.7 Å². The van der Waals surface area contributed by atoms with Crippen LogP contribution in [0.25, 0.3) is 11.3 Å². The van der Waals surface area contributed by atoms with Crippen LogP contribution < -0.4 is 5.32 Å². The fourth-order valence-corrected chi connectivity index (χ4v) is 3.62. The Hall–Kier alpha value is -3.48. The largest absolute Gasteiger partial charge is 0.355 e. The zero-order chi connectivity index (χ0) is 20.9. The van der Waals surface area contributed by atoms with Gasteiger partial charge in [0.2, 0.25) is 5.91 Å². The molecule has 0 saturated carbocycles. The maximum atomic E-state index is 13.1. The average Bonchev–Trinajstić information content (AvgIpc) is 3.28. The van der Waals surface area contributed by atoms with Crippen molar-refractivity contribution in [1.82, 2.24) is 20.4 Å². The molecule has 1 aliphatic heterocycles. The average molecular weight is 404 g/mol. The Morgan fingerprint density at radius 1 is 1.17 bits per heavy atom. The minimum atomic E-state index is -0.519. The molecular weight excluding hydrogens is 380 g/mol. The number of amides is 2. The Bertz CT molecular complexity index is 1010. The Balaban J connectivity index is 1.46. The summed E-state index contributed by atoms with van der Waals surface area (Å²) in [4.78, 5) is 31.7. The summed E-state index contributed by atoms with van der Waals surface area (Å²) in [7, 11) is 0. The first kappa shape index (κ1) is 19.8. The second kappa shape index (κ2) is 8.90. The van der Waals surface area contributed by atoms with E-state index >= 15 is 0 Å². The first-order chi connectivity index (χ1) is 14.6. The van der Waals surface area contributed by atoms with Crippen molar-refractivity contribution >= 4 is 11.8 Å². The number of nitrogens with zero attached hydrogens (tertiary/aromatic N) is 3. The van der Waals surface area contributed by atoms with Gasteiger partial charge in [0, 0.05) is 24.4 Å². The fraction of sp³-hybridized carbons (Fsp3) is 0.304. The molecule has 2 aromatic heterocycles. The first-order valence-electron chi connectivity index (χ1n) is 10.1. The molecule has 1 N–H and O–H groups in total. The molecular formula is C23H24N4O3. The second-order valence-corrected chi connectivity index (χ2v) is 7.49. The Morgan fingerprint density at radius 3 is 2.77 bits per heavy atom. The van der Waals surface area contributed by atoms with E-state index in [0.29, 0.717) is 25.3 Å². The van der Waals surface area contributed by atoms with Gasteiger partial charge in [-0.05, 0) is 38.3 Å². The van der Waals surface area contributed by atoms with Gasteiger partial charge in [0.1, 0.15) is 6.04 Å². The molecule has 2 amide bonds. The van der Waals surface area contributed by atoms with Crippen LogP contribution in [0.3, 0.4) is 0 Å². The molecule has 1 saturated heterocycles. The smallest absolute Gasteiger partial charge is 0.276 e. The molecule has 1 atom stereocenters. The van der Waals surface area contributed by atoms with Crippen LogP contribution in [0, 0.1) is 6.92 Å². The SMILES string of the molecule is Cc1ccc(-c2cc(C(=O)N3CCCC[C@@H]3C(=O)NCc3ccccn3)no2)cc1. The molecule has 0 aliphatic carbocycles. The van der Waals surface area contributed by atoms with E-state index < -0.39 is 6.04 Å². The fourth-order valence-electron chi connectivity index (χ4n) is 3.62. The number of nitrogens with one attached hydrogen (secondary N) is 1. The van der Waals surface area contributed by atoms with Gasteiger partial charge in [-0.25, -0.2) is 0 Å². The highest BCUT2D eigenvalue weighted by Gasteiger charge is 2.34. The minimum Gasteiger partial charge on any atom is -0.355 e. The number of carbonyl (C=O) groups is 2. The number of aromatic nitrogens is 2. The van der Waals surface area contributed by atoms with E-state index in [2.05, 4.69) is 15.5 Å². The molecule has 0 radical (unpaired) electrons. The third-order valence-corrected chi connectivity index (χ3v) is 5.30. The second-order valence-electron chi connectivity index (χ2n) is 7.49. The van der Waals surface area contributed by atoms with E-state index in [9.17, 15) is 9.59 Å². The predicted octanol–water partition coefficient (Wildman–Crippen LogP) is 3.36. The van der Waals surface area contributed by atoms with Crippen molar-refractivity contribution < 1.29 is 14.1 Å². The van der Waals surface area contributed by atoms with Crippen molar-refractivity contribution in [2.45, 2.75) is 38.8 Å². The van der Waals surface area contributed by atoms with Crippen molar-refractivity contribution in [2.24, 2.45) is 0 Å². The number of pyridine rings is 1. The van der Waals surface area contributed by atoms with Crippen LogP contribution in [0.2, 0.25) is 0 Å². The number of piperidine rings is 1. The lowest BCUT2D eigenvalue weighted by molar-refractivity contribution is -0.126. The van der Waals surface area contributed by atoms with Gasteiger partial charge in [0.05, 0.1) is 12.2 Å². The van der Waals surface area contributed by atoms with Gasteiger partial charge in [-0.3, -0.25) is 14.6 Å². The summed E-state index contributed by atoms with van der Waals surface area (Å²) < 4.78 is 5.40. The molecule has 7 nitrogen and oxygen atoms in total. The van der Waals surface area contributed by atoms with E-state index in [-0.39, 0.29) is 17.5 Å². The van der Waals surface area contributed by atoms with Crippen LogP contribution in [0.15, 0.2) is 59.3 Å². The highest BCUT2D eigenvalue weighted by Crippen LogP contribution is 2.24. The topological polar surface area (TPSA) is 88.3 Å². The van der Waals surface area contributed by atoms with Gasteiger partial charge >= 0.3 is 0 Å². The molecule has 3 heterocycles. The molecule has 30 heavy (non-hydrogen) atoms. The number of aryl methyl sites for hydroxylation is 1. The number of benzene rings is 1. The van der Waals surface area contributed by atoms with Crippen LogP contribution in [-0.2, 0) is 11.3 Å². The maximum absolute atomic E-state index is 13.1. The Kier molecular flexibility index (Phi) is 5.88. The van der Waals surface area contributed by atoms with Crippen LogP contribution in [0.4, 0.5) is 0 Å². The van der Waals surface area contributed by atoms with E-state index in [0.717, 1.165) is 29.7 Å². The van der Waals surface area contributed by atoms with E-state index in [1.54, 1.807) is 17.2 Å². The number of hydrogen-bond donors (Lipinski definition) is 1. The lowest BCUT2D eigenvalue weighted by atomic mass is 10.0. The summed E-state index contributed by atoms with van der Waals surface area (Å²) in [5.41, 5.74) is 2.99. The normalized spacial score (nSPS) is 16.3. The molecule has 1 aromatic carbocycles. The lowest BCUT2D eigenvalue weighted by Crippen LogP contribution is -2.51. The molecule has 1 aliphatic rings. The third kappa shape index (κ3) is 4.40. The molecule has 4 rings (SSSR count). The molecule has 7 heteroatoms. The summed E-state index contributed by atoms with van der Waals surface area (Å²) in [5, 5.41) is 6.87. The van der Waals surface area contributed by atoms with Crippen molar-refractivity contribution in [1.29, 1.82) is 0 Å². The van der Waals surface area contributed by atoms with Crippen molar-refractivity contribution in [3.63, 3.8) is 0 Å². The predicted molar refractivity (Wildman–Crippen MR) is 111 cm³/mol. The standard InChI is InChI=1S/C23H24N4O3/c1-16-8-10-17(11-9-16)21-14-19(26-30-21)23(29)27-13-5-3-7-20(27)22(28)25-15-18-6-2-4-12-24-18/h2,4,6,8-12,14,20H,3,5,7,13,15H2,1H3,(H,25,28)/t20-/m1/s1. The maximum Gasteiger partial charge on any atom is 0.276 e. The molecule has 1 fully saturated rings. The van der Waals surface area contributed by atoms with Crippen molar-refractivity contribution in [2.75, 3.05) is 6.54 Å². The highest BCUT2D eigenvalue weighted by atomic mass is 16.5. The zero-order valence-corrected chi connectivity index (χ0v) is 16.9. The molecule has 0 unspecified atom stereocenters. The Labute approximate surface area is 175 Å². The minimum absolute atomic E-state index is 0.170. The van der Waals surface area contributed by atoms with Gasteiger partial charge in [0.25, 0.3) is 5.91 Å². The molecule has 154 valence electrons. The first-order valence-corrected chi connectivity index (χ1v) is 10.1. The van der Waals surface area contributed by atoms with Crippen LogP contribution in [0.1, 0.15) is 41.0 Å². The monoisotopic (exact) mass is 404 g/mol. The summed E-state index contributed by atoms with van der Waals surface area (Å²) in [6, 6.07) is 14.5. The number of hydrogen-bond acceptors (Lipinski definition) is 5. The van der Waals surface area contributed by atoms with Gasteiger partial charge in [-0.1, -0.05) is 41.1 Å². The number of carbonyl (C=O) groups excluding carboxylic acids is 2. The van der Waals surface area contributed by atoms with Crippen LogP contribution in [-0.4, -0.2) is 39.4 Å². The van der Waals surface area contributed by atoms with Crippen LogP contribution >= 0.6 is 0 Å². The summed E-state index contributed by atoms with van der Waals surface area (Å²) in [6.45, 7) is 2.86. The van der Waals surface area contributed by atoms with Gasteiger partial charge in [0.15, 0.2) is 11.5 Å². The highest BCUT2D eigenvalue weighted by molar-refractivity contribution is 5.96. The number of likely N-dealkylation sites (tertiary alicyclic amines) is 1. The zero-order valence-electron chi connectivity index (χ0n) is 16.9. The lowest BCUT2D eigenvalue weighted by Gasteiger charge is -2.34. The van der Waals surface area contributed by atoms with Gasteiger partial charge in [-0.15, -0.1) is 0 Å². The molecule has 0 bridgehead atoms. The number of rotatable bonds is 5. The summed E-state index contributed by atoms with van der Waals surface area (Å²) in [5.74, 6) is 0.0808. The third-order valence-electron chi connectivity index (χ3n) is 5.30. The van der Waals surface area contributed by atoms with E-state index in [1.807, 2.05) is 49.4 Å².